The third kappa shape index (κ3) is 24.5. The molecule has 0 fully saturated rings. The quantitative estimate of drug-likeness (QED) is 0.0278. The van der Waals surface area contributed by atoms with Gasteiger partial charge < -0.3 is 58.4 Å². The molecule has 3 N–H and O–H groups in total. The Balaban J connectivity index is 0.000000602. The number of nitrogens with one attached hydrogen (secondary N) is 2. The maximum Gasteiger partial charge on any atom is 0.410 e. The molecule has 472 valence electrons. The van der Waals surface area contributed by atoms with Crippen LogP contribution in [0.25, 0.3) is 0 Å². The fourth-order valence-electron chi connectivity index (χ4n) is 7.83. The highest BCUT2D eigenvalue weighted by atomic mass is 16.6. The van der Waals surface area contributed by atoms with E-state index in [-0.39, 0.29) is 27.5 Å². The first kappa shape index (κ1) is 68.1. The van der Waals surface area contributed by atoms with Gasteiger partial charge >= 0.3 is 48.3 Å². The maximum absolute atomic E-state index is 13.7. The summed E-state index contributed by atoms with van der Waals surface area (Å²) >= 11 is 0. The van der Waals surface area contributed by atoms with Crippen molar-refractivity contribution in [1.82, 2.24) is 20.4 Å². The Kier molecular flexibility index (Phi) is 26.4. The van der Waals surface area contributed by atoms with Gasteiger partial charge in [-0.3, -0.25) is 14.6 Å². The molecule has 23 nitrogen and oxygen atoms in total. The number of hydrogen-bond donors (Lipinski definition) is 3. The molecule has 0 aliphatic rings. The number of benzene rings is 5. The van der Waals surface area contributed by atoms with Crippen molar-refractivity contribution < 1.29 is 95.3 Å². The van der Waals surface area contributed by atoms with Crippen LogP contribution in [-0.2, 0) is 78.4 Å². The number of nitrogens with zero attached hydrogens (tertiary/aromatic N) is 2. The Labute approximate surface area is 511 Å². The van der Waals surface area contributed by atoms with Crippen LogP contribution in [0.4, 0.5) is 19.2 Å². The molecule has 0 aliphatic heterocycles. The summed E-state index contributed by atoms with van der Waals surface area (Å²) in [7, 11) is 5.84. The summed E-state index contributed by atoms with van der Waals surface area (Å²) in [5, 5.41) is 14.2. The minimum atomic E-state index is -1.60. The van der Waals surface area contributed by atoms with Crippen molar-refractivity contribution >= 4 is 54.0 Å². The number of alkyl carbamates (subject to hydrolysis) is 2. The van der Waals surface area contributed by atoms with Crippen LogP contribution in [-0.4, -0.2) is 151 Å². The molecule has 0 aliphatic carbocycles. The first-order valence-corrected chi connectivity index (χ1v) is 27.6. The molecule has 0 unspecified atom stereocenters. The smallest absolute Gasteiger partial charge is 0.410 e. The molecular weight excluding hydrogens is 1130 g/mol. The number of carboxylic acid groups (broad SMARTS) is 1. The molecular formula is C64H82N4O19. The normalized spacial score (nSPS) is 13.1. The summed E-state index contributed by atoms with van der Waals surface area (Å²) in [5.74, 6) is -3.49. The average Bonchev–Trinajstić information content (AvgIpc) is 1.37. The second-order valence-electron chi connectivity index (χ2n) is 21.7. The van der Waals surface area contributed by atoms with E-state index in [9.17, 15) is 48.3 Å². The predicted octanol–water partition coefficient (Wildman–Crippen LogP) is 9.40. The molecule has 5 aromatic carbocycles. The number of rotatable bonds is 25. The standard InChI is InChI=1S/C36H42N2O10.C28H36N2O9.2H2/c1-24(31(37-34(42)48-36(2,3)4)33(41)45-23-30(39)27-15-11-8-12-16-27)47-32(40)29(21-25-17-19-28(44-6)20-18-25)38(5)35(43)46-22-26-13-9-7-10-14-26;1-18(23(24(31)32)29-26(34)39-28(2,3)4)38-25(33)22(16-19-12-14-21(36-6)15-13-19)30(5)27(35)37-17-20-10-8-7-9-11-20;;/h7-20,24,29,31H,21-23H2,1-6H3,(H,37,42);7-15,18,22-23H,16-17H2,1-6H3,(H,29,34)(H,31,32);2*1H/t24-,29+,31+;18-,22+,23+;;/m11../s1/i;;1+1D;1+1. The lowest BCUT2D eigenvalue weighted by Crippen LogP contribution is -2.53. The van der Waals surface area contributed by atoms with Crippen LogP contribution in [0.2, 0.25) is 0 Å². The van der Waals surface area contributed by atoms with Gasteiger partial charge in [-0.15, -0.1) is 0 Å². The number of Topliss-reactive ketones (excluding diaryl/α,β-unsaturated/α-hetero) is 1. The van der Waals surface area contributed by atoms with Crippen molar-refractivity contribution in [2.24, 2.45) is 0 Å². The maximum atomic E-state index is 13.7. The van der Waals surface area contributed by atoms with Crippen LogP contribution >= 0.6 is 0 Å². The van der Waals surface area contributed by atoms with Gasteiger partial charge in [-0.2, -0.15) is 0 Å². The predicted molar refractivity (Wildman–Crippen MR) is 321 cm³/mol. The summed E-state index contributed by atoms with van der Waals surface area (Å²) in [4.78, 5) is 118. The third-order valence-corrected chi connectivity index (χ3v) is 12.5. The summed E-state index contributed by atoms with van der Waals surface area (Å²) in [5.41, 5.74) is 1.44. The van der Waals surface area contributed by atoms with E-state index in [4.69, 9.17) is 45.6 Å². The lowest BCUT2D eigenvalue weighted by Gasteiger charge is -2.30. The zero-order chi connectivity index (χ0) is 66.4. The Bertz CT molecular complexity index is 3060. The fraction of sp³-hybridized carbons (Fsp3) is 0.391. The van der Waals surface area contributed by atoms with Crippen molar-refractivity contribution in [3.05, 3.63) is 167 Å². The molecule has 0 heterocycles. The van der Waals surface area contributed by atoms with Gasteiger partial charge in [0.1, 0.15) is 60.2 Å². The Morgan fingerprint density at radius 1 is 0.494 bits per heavy atom. The first-order valence-electron chi connectivity index (χ1n) is 28.6. The zero-order valence-corrected chi connectivity index (χ0v) is 51.0. The van der Waals surface area contributed by atoms with Gasteiger partial charge in [0.05, 0.1) is 14.2 Å². The highest BCUT2D eigenvalue weighted by molar-refractivity contribution is 5.98. The van der Waals surface area contributed by atoms with Crippen molar-refractivity contribution in [2.75, 3.05) is 34.9 Å². The molecule has 87 heavy (non-hydrogen) atoms. The Hall–Kier alpha value is -9.67. The van der Waals surface area contributed by atoms with Crippen LogP contribution in [0, 0.1) is 0 Å². The number of hydrogen-bond acceptors (Lipinski definition) is 18. The van der Waals surface area contributed by atoms with Gasteiger partial charge in [0, 0.05) is 36.9 Å². The number of likely N-dealkylation sites (N-methyl/N-ethyl adjacent to an activating group) is 2. The minimum absolute atomic E-state index is 0. The lowest BCUT2D eigenvalue weighted by molar-refractivity contribution is -0.161. The van der Waals surface area contributed by atoms with E-state index >= 15 is 0 Å². The largest absolute Gasteiger partial charge is 0.497 e. The number of carboxylic acids is 1. The monoisotopic (exact) mass is 1210 g/mol. The minimum Gasteiger partial charge on any atom is -0.497 e. The molecule has 0 saturated carbocycles. The molecule has 23 heteroatoms. The van der Waals surface area contributed by atoms with Crippen LogP contribution in [0.15, 0.2) is 140 Å². The molecule has 0 aromatic heterocycles. The molecule has 6 atom stereocenters. The number of ketones is 1. The molecule has 0 bridgehead atoms. The summed E-state index contributed by atoms with van der Waals surface area (Å²) in [6.07, 6.45) is -6.07. The van der Waals surface area contributed by atoms with Crippen LogP contribution in [0.3, 0.4) is 0 Å². The number of amides is 4. The van der Waals surface area contributed by atoms with Gasteiger partial charge in [-0.05, 0) is 102 Å². The highest BCUT2D eigenvalue weighted by Crippen LogP contribution is 2.21. The molecule has 0 radical (unpaired) electrons. The van der Waals surface area contributed by atoms with Crippen molar-refractivity contribution in [3.8, 4) is 11.5 Å². The third-order valence-electron chi connectivity index (χ3n) is 12.5. The topological polar surface area (TPSA) is 287 Å². The van der Waals surface area contributed by atoms with E-state index in [1.54, 1.807) is 145 Å². The fourth-order valence-corrected chi connectivity index (χ4v) is 7.83. The van der Waals surface area contributed by atoms with Gasteiger partial charge in [0.25, 0.3) is 0 Å². The van der Waals surface area contributed by atoms with Crippen LogP contribution in [0.1, 0.15) is 92.4 Å². The SMILES string of the molecule is COc1ccc(C[C@@H](C(=O)O[C@H](C)[C@H](NC(=O)OC(C)(C)C)C(=O)O)N(C)C(=O)OCc2ccccc2)cc1.COc1ccc(C[C@@H](C(=O)O[C@H](C)[C@H](NC(=O)OC(C)(C)C)C(=O)OCC(=O)c2ccccc2)N(C)C(=O)OCc2ccccc2)cc1.[2HH].[2H][2H]. The number of carbonyl (C=O) groups is 9. The van der Waals surface area contributed by atoms with Crippen LogP contribution in [0.5, 0.6) is 11.5 Å². The van der Waals surface area contributed by atoms with Crippen molar-refractivity contribution in [2.45, 2.75) is 129 Å². The average molecular weight is 1210 g/mol. The first-order chi connectivity index (χ1) is 42.1. The number of aliphatic carboxylic acids is 1. The summed E-state index contributed by atoms with van der Waals surface area (Å²) in [6, 6.07) is 34.5. The van der Waals surface area contributed by atoms with E-state index in [2.05, 4.69) is 10.6 Å². The molecule has 0 saturated heterocycles. The van der Waals surface area contributed by atoms with E-state index in [1.807, 2.05) is 36.4 Å². The second-order valence-corrected chi connectivity index (χ2v) is 21.7. The Morgan fingerprint density at radius 3 is 1.21 bits per heavy atom. The number of ether oxygens (including phenoxy) is 9. The van der Waals surface area contributed by atoms with Crippen LogP contribution < -0.4 is 20.1 Å². The van der Waals surface area contributed by atoms with E-state index in [0.717, 1.165) is 20.9 Å². The highest BCUT2D eigenvalue weighted by Gasteiger charge is 2.39. The summed E-state index contributed by atoms with van der Waals surface area (Å²) < 4.78 is 58.0. The van der Waals surface area contributed by atoms with Gasteiger partial charge in [0.15, 0.2) is 24.5 Å². The second kappa shape index (κ2) is 33.7. The van der Waals surface area contributed by atoms with Crippen molar-refractivity contribution in [1.29, 1.82) is 0 Å². The number of methoxy groups -OCH3 is 2. The molecule has 5 rings (SSSR count). The molecule has 4 amide bonds. The van der Waals surface area contributed by atoms with Gasteiger partial charge in [-0.1, -0.05) is 115 Å². The molecule has 0 spiro atoms. The van der Waals surface area contributed by atoms with Gasteiger partial charge in [-0.25, -0.2) is 38.4 Å². The van der Waals surface area contributed by atoms with E-state index < -0.39 is 108 Å². The molecule has 5 aromatic rings. The van der Waals surface area contributed by atoms with Crippen molar-refractivity contribution in [3.63, 3.8) is 0 Å². The number of esters is 3. The number of carbonyl (C=O) groups excluding carboxylic acids is 8. The zero-order valence-electron chi connectivity index (χ0n) is 53.0. The van der Waals surface area contributed by atoms with Gasteiger partial charge in [0.2, 0.25) is 0 Å². The van der Waals surface area contributed by atoms with E-state index in [1.165, 1.54) is 42.2 Å². The summed E-state index contributed by atoms with van der Waals surface area (Å²) in [6.45, 7) is 11.8. The lowest BCUT2D eigenvalue weighted by atomic mass is 10.0. The van der Waals surface area contributed by atoms with E-state index in [0.29, 0.717) is 28.2 Å². The Morgan fingerprint density at radius 2 is 0.851 bits per heavy atom.